The van der Waals surface area contributed by atoms with Gasteiger partial charge in [0, 0.05) is 12.3 Å². The molecule has 0 amide bonds. The van der Waals surface area contributed by atoms with E-state index in [0.717, 1.165) is 10.6 Å². The van der Waals surface area contributed by atoms with Crippen LogP contribution in [0, 0.1) is 0 Å². The van der Waals surface area contributed by atoms with Crippen LogP contribution in [0.15, 0.2) is 21.9 Å². The van der Waals surface area contributed by atoms with Crippen molar-refractivity contribution < 1.29 is 19.8 Å². The Bertz CT molecular complexity index is 541. The molecular weight excluding hydrogens is 258 g/mol. The van der Waals surface area contributed by atoms with E-state index >= 15 is 0 Å². The predicted octanol–water partition coefficient (Wildman–Crippen LogP) is -2.69. The molecule has 0 spiro atoms. The molecule has 0 radical (unpaired) electrons. The van der Waals surface area contributed by atoms with Gasteiger partial charge in [0.05, 0.1) is 13.7 Å². The molecule has 0 saturated carbocycles. The van der Waals surface area contributed by atoms with E-state index in [-0.39, 0.29) is 0 Å². The van der Waals surface area contributed by atoms with Gasteiger partial charge in [0.15, 0.2) is 6.23 Å². The molecule has 1 aromatic heterocycles. The average Bonchev–Trinajstić information content (AvgIpc) is 2.68. The van der Waals surface area contributed by atoms with Crippen molar-refractivity contribution in [1.29, 1.82) is 0 Å². The third-order valence-corrected chi connectivity index (χ3v) is 2.93. The van der Waals surface area contributed by atoms with Crippen LogP contribution in [0.3, 0.4) is 0 Å². The molecule has 2 heterocycles. The van der Waals surface area contributed by atoms with Crippen molar-refractivity contribution in [2.45, 2.75) is 24.5 Å². The zero-order valence-corrected chi connectivity index (χ0v) is 10.1. The molecule has 0 bridgehead atoms. The number of rotatable bonds is 4. The van der Waals surface area contributed by atoms with Crippen LogP contribution in [0.25, 0.3) is 0 Å². The zero-order valence-electron chi connectivity index (χ0n) is 10.1. The van der Waals surface area contributed by atoms with E-state index in [9.17, 15) is 14.7 Å². The Morgan fingerprint density at radius 1 is 1.58 bits per heavy atom. The van der Waals surface area contributed by atoms with E-state index in [1.54, 1.807) is 0 Å². The first kappa shape index (κ1) is 13.9. The number of aromatic amines is 1. The summed E-state index contributed by atoms with van der Waals surface area (Å²) in [6.45, 7) is -0.405. The highest BCUT2D eigenvalue weighted by atomic mass is 16.6. The van der Waals surface area contributed by atoms with Crippen LogP contribution in [0.5, 0.6) is 0 Å². The van der Waals surface area contributed by atoms with E-state index in [1.165, 1.54) is 13.3 Å². The lowest BCUT2D eigenvalue weighted by Crippen LogP contribution is -2.45. The van der Waals surface area contributed by atoms with E-state index in [1.807, 2.05) is 0 Å². The largest absolute Gasteiger partial charge is 0.394 e. The number of nitrogens with one attached hydrogen (secondary N) is 2. The molecule has 1 aliphatic rings. The van der Waals surface area contributed by atoms with Gasteiger partial charge in [-0.05, 0) is 0 Å². The van der Waals surface area contributed by atoms with Crippen molar-refractivity contribution in [2.75, 3.05) is 13.7 Å². The molecule has 4 atom stereocenters. The van der Waals surface area contributed by atoms with Gasteiger partial charge < -0.3 is 19.8 Å². The maximum absolute atomic E-state index is 11.7. The summed E-state index contributed by atoms with van der Waals surface area (Å²) in [5, 5.41) is 19.0. The first-order valence-corrected chi connectivity index (χ1v) is 5.63. The van der Waals surface area contributed by atoms with Gasteiger partial charge in [-0.25, -0.2) is 4.79 Å². The molecule has 19 heavy (non-hydrogen) atoms. The number of ether oxygens (including phenoxy) is 1. The topological polar surface area (TPSA) is 126 Å². The van der Waals surface area contributed by atoms with Gasteiger partial charge in [0.2, 0.25) is 0 Å². The minimum atomic E-state index is -1.06. The Hall–Kier alpha value is -1.52. The summed E-state index contributed by atoms with van der Waals surface area (Å²) in [5.74, 6) is 0. The van der Waals surface area contributed by atoms with Crippen LogP contribution in [0.1, 0.15) is 6.23 Å². The van der Waals surface area contributed by atoms with Crippen molar-refractivity contribution in [3.63, 3.8) is 0 Å². The smallest absolute Gasteiger partial charge is 0.330 e. The molecule has 2 rings (SSSR count). The third kappa shape index (κ3) is 2.60. The minimum Gasteiger partial charge on any atom is -0.394 e. The Balaban J connectivity index is 2.36. The Kier molecular flexibility index (Phi) is 4.12. The van der Waals surface area contributed by atoms with E-state index in [0.29, 0.717) is 0 Å². The molecule has 1 aromatic rings. The SMILES string of the molecule is CON[C@@H]1[C@H](O)[C@@H](CO)O[C@H]1n1ccc(=O)[nH]c1=O. The van der Waals surface area contributed by atoms with Crippen molar-refractivity contribution in [1.82, 2.24) is 15.0 Å². The lowest BCUT2D eigenvalue weighted by molar-refractivity contribution is -0.0524. The van der Waals surface area contributed by atoms with Crippen LogP contribution in [0.4, 0.5) is 0 Å². The maximum atomic E-state index is 11.7. The number of aromatic nitrogens is 2. The zero-order chi connectivity index (χ0) is 14.0. The number of aliphatic hydroxyl groups is 2. The standard InChI is InChI=1S/C10H15N3O6/c1-18-12-7-8(16)5(4-14)19-9(7)13-3-2-6(15)11-10(13)17/h2-3,5,7-9,12,14,16H,4H2,1H3,(H,11,15,17)/t5-,7-,8-,9-/m1/s1. The predicted molar refractivity (Wildman–Crippen MR) is 62.3 cm³/mol. The van der Waals surface area contributed by atoms with Gasteiger partial charge in [-0.1, -0.05) is 0 Å². The summed E-state index contributed by atoms with van der Waals surface area (Å²) >= 11 is 0. The normalized spacial score (nSPS) is 30.7. The number of nitrogens with zero attached hydrogens (tertiary/aromatic N) is 1. The Morgan fingerprint density at radius 2 is 2.32 bits per heavy atom. The van der Waals surface area contributed by atoms with Gasteiger partial charge in [0.1, 0.15) is 18.2 Å². The van der Waals surface area contributed by atoms with Crippen LogP contribution >= 0.6 is 0 Å². The summed E-state index contributed by atoms with van der Waals surface area (Å²) in [4.78, 5) is 29.5. The monoisotopic (exact) mass is 273 g/mol. The summed E-state index contributed by atoms with van der Waals surface area (Å²) in [6, 6.07) is 0.401. The third-order valence-electron chi connectivity index (χ3n) is 2.93. The van der Waals surface area contributed by atoms with Gasteiger partial charge in [-0.2, -0.15) is 5.48 Å². The lowest BCUT2D eigenvalue weighted by Gasteiger charge is -2.21. The fourth-order valence-corrected chi connectivity index (χ4v) is 2.03. The van der Waals surface area contributed by atoms with Crippen LogP contribution in [0.2, 0.25) is 0 Å². The number of hydrogen-bond donors (Lipinski definition) is 4. The van der Waals surface area contributed by atoms with Crippen molar-refractivity contribution in [3.05, 3.63) is 33.1 Å². The van der Waals surface area contributed by atoms with Crippen molar-refractivity contribution >= 4 is 0 Å². The lowest BCUT2D eigenvalue weighted by atomic mass is 10.1. The first-order chi connectivity index (χ1) is 9.08. The summed E-state index contributed by atoms with van der Waals surface area (Å²) in [6.07, 6.45) is -1.57. The second-order valence-corrected chi connectivity index (χ2v) is 4.10. The number of hydroxylamine groups is 1. The molecule has 1 fully saturated rings. The molecule has 106 valence electrons. The Labute approximate surface area is 107 Å². The molecule has 9 nitrogen and oxygen atoms in total. The molecule has 0 aromatic carbocycles. The number of aliphatic hydroxyl groups excluding tert-OH is 2. The number of H-pyrrole nitrogens is 1. The van der Waals surface area contributed by atoms with Gasteiger partial charge in [0.25, 0.3) is 5.56 Å². The second-order valence-electron chi connectivity index (χ2n) is 4.10. The fourth-order valence-electron chi connectivity index (χ4n) is 2.03. The highest BCUT2D eigenvalue weighted by Gasteiger charge is 2.44. The van der Waals surface area contributed by atoms with Crippen molar-refractivity contribution in [3.8, 4) is 0 Å². The highest BCUT2D eigenvalue weighted by molar-refractivity contribution is 4.95. The number of hydrogen-bond acceptors (Lipinski definition) is 7. The molecule has 9 heteroatoms. The summed E-state index contributed by atoms with van der Waals surface area (Å²) < 4.78 is 6.50. The summed E-state index contributed by atoms with van der Waals surface area (Å²) in [7, 11) is 1.35. The van der Waals surface area contributed by atoms with Crippen LogP contribution in [-0.4, -0.2) is 51.7 Å². The molecular formula is C10H15N3O6. The molecule has 4 N–H and O–H groups in total. The molecule has 0 unspecified atom stereocenters. The van der Waals surface area contributed by atoms with E-state index in [4.69, 9.17) is 14.7 Å². The Morgan fingerprint density at radius 3 is 2.89 bits per heavy atom. The van der Waals surface area contributed by atoms with Gasteiger partial charge >= 0.3 is 5.69 Å². The van der Waals surface area contributed by atoms with Crippen LogP contribution < -0.4 is 16.7 Å². The van der Waals surface area contributed by atoms with E-state index < -0.39 is 42.3 Å². The molecule has 1 aliphatic heterocycles. The van der Waals surface area contributed by atoms with Gasteiger partial charge in [-0.15, -0.1) is 0 Å². The quantitative estimate of drug-likeness (QED) is 0.440. The van der Waals surface area contributed by atoms with Crippen LogP contribution in [-0.2, 0) is 9.57 Å². The van der Waals surface area contributed by atoms with E-state index in [2.05, 4.69) is 10.5 Å². The molecule has 1 saturated heterocycles. The molecule has 0 aliphatic carbocycles. The average molecular weight is 273 g/mol. The summed E-state index contributed by atoms with van der Waals surface area (Å²) in [5.41, 5.74) is 1.30. The minimum absolute atomic E-state index is 0.405. The van der Waals surface area contributed by atoms with Gasteiger partial charge in [-0.3, -0.25) is 14.3 Å². The highest BCUT2D eigenvalue weighted by Crippen LogP contribution is 2.27. The first-order valence-electron chi connectivity index (χ1n) is 5.63. The van der Waals surface area contributed by atoms with Crippen molar-refractivity contribution in [2.24, 2.45) is 0 Å². The maximum Gasteiger partial charge on any atom is 0.330 e. The fraction of sp³-hybridized carbons (Fsp3) is 0.600. The second kappa shape index (κ2) is 5.63.